The first-order valence-corrected chi connectivity index (χ1v) is 4.95. The van der Waals surface area contributed by atoms with E-state index in [4.69, 9.17) is 0 Å². The number of halogens is 2. The van der Waals surface area contributed by atoms with E-state index in [1.807, 2.05) is 0 Å². The van der Waals surface area contributed by atoms with Crippen LogP contribution in [-0.2, 0) is 0 Å². The Morgan fingerprint density at radius 3 is 2.93 bits per heavy atom. The van der Waals surface area contributed by atoms with Crippen LogP contribution in [0, 0.1) is 5.82 Å². The lowest BCUT2D eigenvalue weighted by Gasteiger charge is -2.10. The minimum Gasteiger partial charge on any atom is -0.336 e. The van der Waals surface area contributed by atoms with Crippen molar-refractivity contribution in [2.75, 3.05) is 6.54 Å². The minimum atomic E-state index is -0.302. The molecule has 0 unspecified atom stereocenters. The van der Waals surface area contributed by atoms with Gasteiger partial charge in [0.25, 0.3) is 0 Å². The zero-order chi connectivity index (χ0) is 10.1. The zero-order valence-corrected chi connectivity index (χ0v) is 8.77. The van der Waals surface area contributed by atoms with Gasteiger partial charge in [0.2, 0.25) is 0 Å². The van der Waals surface area contributed by atoms with Crippen molar-refractivity contribution in [1.82, 2.24) is 10.6 Å². The first-order chi connectivity index (χ1) is 6.66. The van der Waals surface area contributed by atoms with E-state index in [1.165, 1.54) is 12.1 Å². The summed E-state index contributed by atoms with van der Waals surface area (Å²) >= 11 is 3.31. The first kappa shape index (κ1) is 9.45. The number of benzene rings is 1. The smallest absolute Gasteiger partial charge is 0.315 e. The molecular formula is C9H8BrFN2O. The topological polar surface area (TPSA) is 41.1 Å². The van der Waals surface area contributed by atoms with E-state index in [0.717, 1.165) is 10.0 Å². The molecular weight excluding hydrogens is 251 g/mol. The molecule has 2 amide bonds. The van der Waals surface area contributed by atoms with Gasteiger partial charge < -0.3 is 10.6 Å². The van der Waals surface area contributed by atoms with E-state index in [0.29, 0.717) is 6.54 Å². The SMILES string of the molecule is O=C1NC[C@@H](c2cc(F)ccc2Br)N1. The van der Waals surface area contributed by atoms with Crippen molar-refractivity contribution in [1.29, 1.82) is 0 Å². The molecule has 0 radical (unpaired) electrons. The Kier molecular flexibility index (Phi) is 2.41. The molecule has 1 atom stereocenters. The molecule has 14 heavy (non-hydrogen) atoms. The molecule has 5 heteroatoms. The Morgan fingerprint density at radius 2 is 2.29 bits per heavy atom. The van der Waals surface area contributed by atoms with Gasteiger partial charge in [-0.15, -0.1) is 0 Å². The van der Waals surface area contributed by atoms with Crippen LogP contribution in [0.25, 0.3) is 0 Å². The highest BCUT2D eigenvalue weighted by Gasteiger charge is 2.23. The molecule has 1 heterocycles. The van der Waals surface area contributed by atoms with Crippen molar-refractivity contribution in [2.45, 2.75) is 6.04 Å². The normalized spacial score (nSPS) is 20.4. The monoisotopic (exact) mass is 258 g/mol. The Balaban J connectivity index is 2.31. The molecule has 1 saturated heterocycles. The fourth-order valence-electron chi connectivity index (χ4n) is 1.42. The van der Waals surface area contributed by atoms with Gasteiger partial charge in [0.15, 0.2) is 0 Å². The molecule has 3 nitrogen and oxygen atoms in total. The number of nitrogens with one attached hydrogen (secondary N) is 2. The summed E-state index contributed by atoms with van der Waals surface area (Å²) in [6.45, 7) is 0.487. The molecule has 2 rings (SSSR count). The molecule has 2 N–H and O–H groups in total. The van der Waals surface area contributed by atoms with E-state index < -0.39 is 0 Å². The minimum absolute atomic E-state index is 0.160. The molecule has 1 aromatic carbocycles. The lowest BCUT2D eigenvalue weighted by Crippen LogP contribution is -2.21. The third-order valence-electron chi connectivity index (χ3n) is 2.11. The summed E-state index contributed by atoms with van der Waals surface area (Å²) in [5.74, 6) is -0.302. The van der Waals surface area contributed by atoms with E-state index in [-0.39, 0.29) is 17.9 Å². The van der Waals surface area contributed by atoms with Gasteiger partial charge in [0.05, 0.1) is 6.04 Å². The number of carbonyl (C=O) groups excluding carboxylic acids is 1. The van der Waals surface area contributed by atoms with Crippen LogP contribution < -0.4 is 10.6 Å². The summed E-state index contributed by atoms with van der Waals surface area (Å²) in [7, 11) is 0. The van der Waals surface area contributed by atoms with Crippen molar-refractivity contribution in [3.8, 4) is 0 Å². The standard InChI is InChI=1S/C9H8BrFN2O/c10-7-2-1-5(11)3-6(7)8-4-12-9(14)13-8/h1-3,8H,4H2,(H2,12,13,14)/t8-/m0/s1. The number of hydrogen-bond acceptors (Lipinski definition) is 1. The van der Waals surface area contributed by atoms with Gasteiger partial charge in [-0.3, -0.25) is 0 Å². The van der Waals surface area contributed by atoms with Gasteiger partial charge in [-0.1, -0.05) is 15.9 Å². The second-order valence-electron chi connectivity index (χ2n) is 3.07. The van der Waals surface area contributed by atoms with E-state index in [2.05, 4.69) is 26.6 Å². The summed E-state index contributed by atoms with van der Waals surface area (Å²) in [6, 6.07) is 4.05. The quantitative estimate of drug-likeness (QED) is 0.795. The lowest BCUT2D eigenvalue weighted by molar-refractivity contribution is 0.247. The number of urea groups is 1. The highest BCUT2D eigenvalue weighted by molar-refractivity contribution is 9.10. The largest absolute Gasteiger partial charge is 0.336 e. The number of carbonyl (C=O) groups is 1. The summed E-state index contributed by atoms with van der Waals surface area (Å²) in [4.78, 5) is 10.9. The molecule has 1 fully saturated rings. The van der Waals surface area contributed by atoms with Crippen LogP contribution in [0.2, 0.25) is 0 Å². The molecule has 74 valence electrons. The van der Waals surface area contributed by atoms with Crippen molar-refractivity contribution in [3.63, 3.8) is 0 Å². The van der Waals surface area contributed by atoms with Gasteiger partial charge >= 0.3 is 6.03 Å². The molecule has 0 spiro atoms. The summed E-state index contributed by atoms with van der Waals surface area (Å²) in [6.07, 6.45) is 0. The first-order valence-electron chi connectivity index (χ1n) is 4.16. The van der Waals surface area contributed by atoms with Gasteiger partial charge in [0.1, 0.15) is 5.82 Å². The maximum Gasteiger partial charge on any atom is 0.315 e. The second kappa shape index (κ2) is 3.57. The predicted molar refractivity (Wildman–Crippen MR) is 53.4 cm³/mol. The van der Waals surface area contributed by atoms with Crippen LogP contribution >= 0.6 is 15.9 Å². The summed E-state index contributed by atoms with van der Waals surface area (Å²) < 4.78 is 13.7. The van der Waals surface area contributed by atoms with Gasteiger partial charge in [-0.25, -0.2) is 9.18 Å². The maximum atomic E-state index is 12.9. The van der Waals surface area contributed by atoms with E-state index in [1.54, 1.807) is 6.07 Å². The van der Waals surface area contributed by atoms with Crippen LogP contribution in [0.15, 0.2) is 22.7 Å². The Morgan fingerprint density at radius 1 is 1.50 bits per heavy atom. The van der Waals surface area contributed by atoms with Crippen molar-refractivity contribution in [2.24, 2.45) is 0 Å². The molecule has 0 aliphatic carbocycles. The molecule has 0 bridgehead atoms. The fraction of sp³-hybridized carbons (Fsp3) is 0.222. The zero-order valence-electron chi connectivity index (χ0n) is 7.18. The third kappa shape index (κ3) is 1.72. The van der Waals surface area contributed by atoms with E-state index in [9.17, 15) is 9.18 Å². The van der Waals surface area contributed by atoms with Crippen molar-refractivity contribution < 1.29 is 9.18 Å². The highest BCUT2D eigenvalue weighted by atomic mass is 79.9. The Labute approximate surface area is 88.8 Å². The molecule has 1 aliphatic rings. The molecule has 1 aromatic rings. The van der Waals surface area contributed by atoms with Gasteiger partial charge in [-0.2, -0.15) is 0 Å². The number of rotatable bonds is 1. The van der Waals surface area contributed by atoms with Crippen LogP contribution in [0.1, 0.15) is 11.6 Å². The van der Waals surface area contributed by atoms with E-state index >= 15 is 0 Å². The molecule has 0 aromatic heterocycles. The fourth-order valence-corrected chi connectivity index (χ4v) is 1.95. The van der Waals surface area contributed by atoms with Gasteiger partial charge in [0, 0.05) is 11.0 Å². The number of amides is 2. The Bertz CT molecular complexity index is 383. The van der Waals surface area contributed by atoms with Crippen LogP contribution in [0.3, 0.4) is 0 Å². The molecule has 1 aliphatic heterocycles. The average molecular weight is 259 g/mol. The summed E-state index contributed by atoms with van der Waals surface area (Å²) in [5.41, 5.74) is 0.753. The number of hydrogen-bond donors (Lipinski definition) is 2. The summed E-state index contributed by atoms with van der Waals surface area (Å²) in [5, 5.41) is 5.31. The second-order valence-corrected chi connectivity index (χ2v) is 3.93. The average Bonchev–Trinajstić information content (AvgIpc) is 2.56. The van der Waals surface area contributed by atoms with Crippen LogP contribution in [0.5, 0.6) is 0 Å². The van der Waals surface area contributed by atoms with Crippen molar-refractivity contribution in [3.05, 3.63) is 34.1 Å². The Hall–Kier alpha value is -1.10. The van der Waals surface area contributed by atoms with Gasteiger partial charge in [-0.05, 0) is 23.8 Å². The maximum absolute atomic E-state index is 12.9. The lowest BCUT2D eigenvalue weighted by atomic mass is 10.1. The van der Waals surface area contributed by atoms with Crippen molar-refractivity contribution >= 4 is 22.0 Å². The highest BCUT2D eigenvalue weighted by Crippen LogP contribution is 2.25. The predicted octanol–water partition coefficient (Wildman–Crippen LogP) is 1.94. The van der Waals surface area contributed by atoms with Crippen LogP contribution in [-0.4, -0.2) is 12.6 Å². The molecule has 0 saturated carbocycles. The third-order valence-corrected chi connectivity index (χ3v) is 2.83. The van der Waals surface area contributed by atoms with Crippen LogP contribution in [0.4, 0.5) is 9.18 Å².